The molecule has 0 radical (unpaired) electrons. The molecule has 2 aromatic heterocycles. The van der Waals surface area contributed by atoms with Crippen LogP contribution in [0.5, 0.6) is 0 Å². The summed E-state index contributed by atoms with van der Waals surface area (Å²) in [6, 6.07) is 12.9. The molecule has 8 nitrogen and oxygen atoms in total. The van der Waals surface area contributed by atoms with Crippen LogP contribution in [0.2, 0.25) is 0 Å². The van der Waals surface area contributed by atoms with E-state index in [-0.39, 0.29) is 5.56 Å². The van der Waals surface area contributed by atoms with Crippen LogP contribution in [0.15, 0.2) is 47.3 Å². The molecule has 0 aliphatic rings. The number of hydrogen-bond acceptors (Lipinski definition) is 4. The number of aromatic carboxylic acids is 2. The van der Waals surface area contributed by atoms with E-state index in [0.717, 1.165) is 28.4 Å². The van der Waals surface area contributed by atoms with E-state index in [2.05, 4.69) is 9.55 Å². The fourth-order valence-electron chi connectivity index (χ4n) is 3.89. The summed E-state index contributed by atoms with van der Waals surface area (Å²) in [5, 5.41) is 21.0. The van der Waals surface area contributed by atoms with E-state index in [4.69, 9.17) is 5.73 Å². The number of fused-ring (bicyclic) bond motifs is 3. The molecule has 0 saturated heterocycles. The maximum atomic E-state index is 12.3. The number of nitrogens with one attached hydrogen (secondary N) is 1. The molecule has 0 unspecified atom stereocenters. The number of benzene rings is 2. The van der Waals surface area contributed by atoms with Crippen LogP contribution in [-0.2, 0) is 6.54 Å². The van der Waals surface area contributed by atoms with E-state index in [0.29, 0.717) is 5.56 Å². The highest BCUT2D eigenvalue weighted by molar-refractivity contribution is 6.12. The molecule has 8 heteroatoms. The molecule has 4 rings (SSSR count). The minimum absolute atomic E-state index is 0.207. The van der Waals surface area contributed by atoms with Gasteiger partial charge in [0.1, 0.15) is 16.9 Å². The van der Waals surface area contributed by atoms with Gasteiger partial charge in [-0.3, -0.25) is 4.79 Å². The molecule has 2 heterocycles. The second kappa shape index (κ2) is 6.52. The van der Waals surface area contributed by atoms with Crippen LogP contribution >= 0.6 is 0 Å². The number of nitrogens with two attached hydrogens (primary N) is 1. The van der Waals surface area contributed by atoms with Crippen molar-refractivity contribution in [2.24, 2.45) is 0 Å². The largest absolute Gasteiger partial charge is 0.478 e. The number of para-hydroxylation sites is 1. The van der Waals surface area contributed by atoms with Crippen molar-refractivity contribution in [3.63, 3.8) is 0 Å². The number of aryl methyl sites for hydroxylation is 1. The SMILES string of the molecule is CCn1c2ccccc2c2cc(-c3c(C(=O)O)c(N)[nH]c(=O)c3C(=O)O)ccc21. The van der Waals surface area contributed by atoms with E-state index in [1.807, 2.05) is 31.2 Å². The molecular weight excluding hydrogens is 374 g/mol. The predicted octanol–water partition coefficient (Wildman–Crippen LogP) is 3.15. The van der Waals surface area contributed by atoms with Gasteiger partial charge in [-0.15, -0.1) is 0 Å². The number of aromatic nitrogens is 2. The summed E-state index contributed by atoms with van der Waals surface area (Å²) < 4.78 is 2.11. The first-order chi connectivity index (χ1) is 13.8. The lowest BCUT2D eigenvalue weighted by Gasteiger charge is -2.12. The molecular formula is C21H17N3O5. The van der Waals surface area contributed by atoms with Crippen molar-refractivity contribution in [1.29, 1.82) is 0 Å². The Morgan fingerprint density at radius 3 is 2.31 bits per heavy atom. The zero-order valence-electron chi connectivity index (χ0n) is 15.4. The summed E-state index contributed by atoms with van der Waals surface area (Å²) in [6.45, 7) is 2.74. The zero-order valence-corrected chi connectivity index (χ0v) is 15.4. The normalized spacial score (nSPS) is 11.2. The monoisotopic (exact) mass is 391 g/mol. The Morgan fingerprint density at radius 1 is 1.00 bits per heavy atom. The first kappa shape index (κ1) is 18.3. The van der Waals surface area contributed by atoms with Gasteiger partial charge in [0.2, 0.25) is 0 Å². The Balaban J connectivity index is 2.16. The highest BCUT2D eigenvalue weighted by Crippen LogP contribution is 2.35. The number of pyridine rings is 1. The molecule has 146 valence electrons. The van der Waals surface area contributed by atoms with Gasteiger partial charge in [-0.1, -0.05) is 24.3 Å². The summed E-state index contributed by atoms with van der Waals surface area (Å²) in [6.07, 6.45) is 0. The molecule has 5 N–H and O–H groups in total. The van der Waals surface area contributed by atoms with Crippen molar-refractivity contribution in [2.75, 3.05) is 5.73 Å². The van der Waals surface area contributed by atoms with E-state index in [9.17, 15) is 24.6 Å². The highest BCUT2D eigenvalue weighted by atomic mass is 16.4. The number of carbonyl (C=O) groups is 2. The molecule has 4 aromatic rings. The van der Waals surface area contributed by atoms with Crippen molar-refractivity contribution >= 4 is 39.6 Å². The number of H-pyrrole nitrogens is 1. The van der Waals surface area contributed by atoms with E-state index >= 15 is 0 Å². The lowest BCUT2D eigenvalue weighted by atomic mass is 9.94. The van der Waals surface area contributed by atoms with Crippen LogP contribution in [0.1, 0.15) is 27.6 Å². The first-order valence-electron chi connectivity index (χ1n) is 8.88. The zero-order chi connectivity index (χ0) is 20.9. The van der Waals surface area contributed by atoms with Gasteiger partial charge in [-0.2, -0.15) is 0 Å². The smallest absolute Gasteiger partial charge is 0.342 e. The maximum Gasteiger partial charge on any atom is 0.342 e. The Morgan fingerprint density at radius 2 is 1.66 bits per heavy atom. The van der Waals surface area contributed by atoms with E-state index in [1.165, 1.54) is 0 Å². The molecule has 0 amide bonds. The van der Waals surface area contributed by atoms with Crippen LogP contribution in [0, 0.1) is 0 Å². The highest BCUT2D eigenvalue weighted by Gasteiger charge is 2.27. The minimum atomic E-state index is -1.53. The molecule has 0 aliphatic heterocycles. The molecule has 0 atom stereocenters. The van der Waals surface area contributed by atoms with Gasteiger partial charge in [0.15, 0.2) is 0 Å². The van der Waals surface area contributed by atoms with E-state index < -0.39 is 34.4 Å². The summed E-state index contributed by atoms with van der Waals surface area (Å²) >= 11 is 0. The fourth-order valence-corrected chi connectivity index (χ4v) is 3.89. The first-order valence-corrected chi connectivity index (χ1v) is 8.88. The average molecular weight is 391 g/mol. The number of hydrogen-bond donors (Lipinski definition) is 4. The quantitative estimate of drug-likeness (QED) is 0.421. The number of carboxylic acids is 2. The topological polar surface area (TPSA) is 138 Å². The number of rotatable bonds is 4. The van der Waals surface area contributed by atoms with Gasteiger partial charge < -0.3 is 25.5 Å². The molecule has 0 saturated carbocycles. The average Bonchev–Trinajstić information content (AvgIpc) is 2.99. The third kappa shape index (κ3) is 2.65. The number of aromatic amines is 1. The second-order valence-electron chi connectivity index (χ2n) is 6.60. The Kier molecular flexibility index (Phi) is 4.11. The summed E-state index contributed by atoms with van der Waals surface area (Å²) in [5.74, 6) is -3.34. The second-order valence-corrected chi connectivity index (χ2v) is 6.60. The van der Waals surface area contributed by atoms with Gasteiger partial charge in [-0.25, -0.2) is 9.59 Å². The number of nitrogens with zero attached hydrogens (tertiary/aromatic N) is 1. The van der Waals surface area contributed by atoms with Gasteiger partial charge in [0.05, 0.1) is 0 Å². The Hall–Kier alpha value is -4.07. The van der Waals surface area contributed by atoms with Crippen molar-refractivity contribution in [3.8, 4) is 11.1 Å². The summed E-state index contributed by atoms with van der Waals surface area (Å²) in [5.41, 5.74) is 5.68. The van der Waals surface area contributed by atoms with Crippen LogP contribution in [-0.4, -0.2) is 31.7 Å². The fraction of sp³-hybridized carbons (Fsp3) is 0.0952. The Labute approximate surface area is 163 Å². The summed E-state index contributed by atoms with van der Waals surface area (Å²) in [7, 11) is 0. The van der Waals surface area contributed by atoms with Crippen LogP contribution in [0.4, 0.5) is 5.82 Å². The number of anilines is 1. The van der Waals surface area contributed by atoms with Gasteiger partial charge in [0, 0.05) is 33.9 Å². The lowest BCUT2D eigenvalue weighted by Crippen LogP contribution is -2.24. The van der Waals surface area contributed by atoms with Crippen LogP contribution < -0.4 is 11.3 Å². The lowest BCUT2D eigenvalue weighted by molar-refractivity contribution is 0.0695. The van der Waals surface area contributed by atoms with E-state index in [1.54, 1.807) is 18.2 Å². The predicted molar refractivity (Wildman–Crippen MR) is 110 cm³/mol. The van der Waals surface area contributed by atoms with Crippen molar-refractivity contribution in [2.45, 2.75) is 13.5 Å². The molecule has 0 aliphatic carbocycles. The number of nitrogen functional groups attached to an aromatic ring is 1. The Bertz CT molecular complexity index is 1380. The molecule has 2 aromatic carbocycles. The molecule has 0 spiro atoms. The van der Waals surface area contributed by atoms with Crippen molar-refractivity contribution in [1.82, 2.24) is 9.55 Å². The van der Waals surface area contributed by atoms with Crippen molar-refractivity contribution in [3.05, 3.63) is 63.9 Å². The van der Waals surface area contributed by atoms with Crippen molar-refractivity contribution < 1.29 is 19.8 Å². The van der Waals surface area contributed by atoms with Gasteiger partial charge in [0.25, 0.3) is 5.56 Å². The number of carboxylic acid groups (broad SMARTS) is 2. The van der Waals surface area contributed by atoms with Crippen LogP contribution in [0.3, 0.4) is 0 Å². The molecule has 0 fully saturated rings. The third-order valence-corrected chi connectivity index (χ3v) is 5.05. The third-order valence-electron chi connectivity index (χ3n) is 5.05. The van der Waals surface area contributed by atoms with Gasteiger partial charge in [-0.05, 0) is 30.7 Å². The minimum Gasteiger partial charge on any atom is -0.478 e. The maximum absolute atomic E-state index is 12.3. The molecule has 29 heavy (non-hydrogen) atoms. The standard InChI is InChI=1S/C21H17N3O5/c1-2-24-13-6-4-3-5-11(13)12-9-10(7-8-14(12)24)15-16(20(26)27)18(22)23-19(25)17(15)21(28)29/h3-9H,2H2,1H3,(H,26,27)(H,28,29)(H3,22,23,25). The van der Waals surface area contributed by atoms with Crippen LogP contribution in [0.25, 0.3) is 32.9 Å². The summed E-state index contributed by atoms with van der Waals surface area (Å²) in [4.78, 5) is 38.0. The molecule has 0 bridgehead atoms. The van der Waals surface area contributed by atoms with Gasteiger partial charge >= 0.3 is 11.9 Å².